The van der Waals surface area contributed by atoms with Crippen molar-refractivity contribution in [1.82, 2.24) is 15.3 Å². The molecule has 0 radical (unpaired) electrons. The van der Waals surface area contributed by atoms with E-state index in [1.165, 1.54) is 25.7 Å². The third-order valence-corrected chi connectivity index (χ3v) is 4.94. The van der Waals surface area contributed by atoms with Crippen molar-refractivity contribution in [1.29, 1.82) is 0 Å². The molecule has 0 amide bonds. The molecule has 1 aromatic rings. The topological polar surface area (TPSA) is 41.1 Å². The molecule has 116 valence electrons. The van der Waals surface area contributed by atoms with Gasteiger partial charge in [0.1, 0.15) is 0 Å². The molecule has 2 atom stereocenters. The molecule has 2 aliphatic heterocycles. The summed E-state index contributed by atoms with van der Waals surface area (Å²) < 4.78 is 0. The van der Waals surface area contributed by atoms with E-state index in [-0.39, 0.29) is 0 Å². The maximum absolute atomic E-state index is 4.84. The van der Waals surface area contributed by atoms with E-state index in [1.54, 1.807) is 0 Å². The molecule has 4 heteroatoms. The highest BCUT2D eigenvalue weighted by Crippen LogP contribution is 2.31. The van der Waals surface area contributed by atoms with Gasteiger partial charge in [-0.25, -0.2) is 9.97 Å². The number of rotatable bonds is 4. The lowest BCUT2D eigenvalue weighted by molar-refractivity contribution is 0.346. The highest BCUT2D eigenvalue weighted by molar-refractivity contribution is 5.35. The third kappa shape index (κ3) is 3.05. The fourth-order valence-corrected chi connectivity index (χ4v) is 3.85. The second-order valence-electron chi connectivity index (χ2n) is 6.94. The fourth-order valence-electron chi connectivity index (χ4n) is 3.85. The van der Waals surface area contributed by atoms with Crippen LogP contribution < -0.4 is 10.2 Å². The zero-order valence-electron chi connectivity index (χ0n) is 13.8. The minimum atomic E-state index is 0.452. The zero-order valence-corrected chi connectivity index (χ0v) is 13.8. The van der Waals surface area contributed by atoms with E-state index in [0.717, 1.165) is 23.9 Å². The molecule has 2 fully saturated rings. The molecular formula is C17H28N4. The smallest absolute Gasteiger partial charge is 0.226 e. The summed E-state index contributed by atoms with van der Waals surface area (Å²) in [6, 6.07) is 4.12. The van der Waals surface area contributed by atoms with Crippen molar-refractivity contribution >= 4 is 5.95 Å². The largest absolute Gasteiger partial charge is 0.338 e. The predicted octanol–water partition coefficient (Wildman–Crippen LogP) is 3.02. The summed E-state index contributed by atoms with van der Waals surface area (Å²) in [5.41, 5.74) is 2.24. The Bertz CT molecular complexity index is 488. The van der Waals surface area contributed by atoms with Gasteiger partial charge in [-0.15, -0.1) is 0 Å². The first kappa shape index (κ1) is 14.8. The van der Waals surface area contributed by atoms with Crippen molar-refractivity contribution in [3.8, 4) is 0 Å². The lowest BCUT2D eigenvalue weighted by Crippen LogP contribution is -2.49. The van der Waals surface area contributed by atoms with Crippen LogP contribution in [0.2, 0.25) is 0 Å². The van der Waals surface area contributed by atoms with Gasteiger partial charge in [0.25, 0.3) is 0 Å². The number of anilines is 1. The van der Waals surface area contributed by atoms with Gasteiger partial charge in [-0.2, -0.15) is 0 Å². The molecule has 4 nitrogen and oxygen atoms in total. The molecule has 3 rings (SSSR count). The van der Waals surface area contributed by atoms with Gasteiger partial charge in [0, 0.05) is 36.1 Å². The van der Waals surface area contributed by atoms with Crippen molar-refractivity contribution < 1.29 is 0 Å². The number of aromatic nitrogens is 2. The summed E-state index contributed by atoms with van der Waals surface area (Å²) in [7, 11) is 0. The number of fused-ring (bicyclic) bond motifs is 2. The molecule has 2 saturated heterocycles. The summed E-state index contributed by atoms with van der Waals surface area (Å²) in [6.07, 6.45) is 5.15. The zero-order chi connectivity index (χ0) is 15.0. The number of hydrogen-bond donors (Lipinski definition) is 1. The molecule has 0 aromatic carbocycles. The van der Waals surface area contributed by atoms with Crippen molar-refractivity contribution in [3.05, 3.63) is 17.5 Å². The van der Waals surface area contributed by atoms with Crippen molar-refractivity contribution in [2.24, 2.45) is 0 Å². The van der Waals surface area contributed by atoms with Crippen LogP contribution in [-0.2, 0) is 0 Å². The standard InChI is InChI=1S/C17H28N4/c1-5-21(15-9-13-6-7-14(10-15)19-13)17-18-12(4)8-16(20-17)11(2)3/h8,11,13-15,19H,5-7,9-10H2,1-4H3. The van der Waals surface area contributed by atoms with Crippen LogP contribution in [0.4, 0.5) is 5.95 Å². The average molecular weight is 288 g/mol. The maximum Gasteiger partial charge on any atom is 0.226 e. The summed E-state index contributed by atoms with van der Waals surface area (Å²) in [5.74, 6) is 1.39. The van der Waals surface area contributed by atoms with Crippen LogP contribution in [0, 0.1) is 6.92 Å². The second-order valence-corrected chi connectivity index (χ2v) is 6.94. The van der Waals surface area contributed by atoms with Gasteiger partial charge in [0.15, 0.2) is 0 Å². The molecule has 0 saturated carbocycles. The van der Waals surface area contributed by atoms with Crippen LogP contribution in [0.3, 0.4) is 0 Å². The Labute approximate surface area is 128 Å². The molecule has 2 aliphatic rings. The Morgan fingerprint density at radius 1 is 1.24 bits per heavy atom. The number of aryl methyl sites for hydroxylation is 1. The molecule has 1 N–H and O–H groups in total. The van der Waals surface area contributed by atoms with Crippen LogP contribution >= 0.6 is 0 Å². The van der Waals surface area contributed by atoms with E-state index in [9.17, 15) is 0 Å². The van der Waals surface area contributed by atoms with Crippen LogP contribution in [0.25, 0.3) is 0 Å². The van der Waals surface area contributed by atoms with E-state index in [2.05, 4.69) is 44.0 Å². The number of nitrogens with one attached hydrogen (secondary N) is 1. The van der Waals surface area contributed by atoms with Gasteiger partial charge in [0.2, 0.25) is 5.95 Å². The molecule has 21 heavy (non-hydrogen) atoms. The molecule has 0 aliphatic carbocycles. The Morgan fingerprint density at radius 2 is 1.90 bits per heavy atom. The van der Waals surface area contributed by atoms with Crippen LogP contribution in [0.15, 0.2) is 6.07 Å². The first-order chi connectivity index (χ1) is 10.1. The van der Waals surface area contributed by atoms with Gasteiger partial charge in [-0.1, -0.05) is 13.8 Å². The van der Waals surface area contributed by atoms with Gasteiger partial charge < -0.3 is 10.2 Å². The fraction of sp³-hybridized carbons (Fsp3) is 0.765. The number of piperidine rings is 1. The van der Waals surface area contributed by atoms with E-state index in [0.29, 0.717) is 24.0 Å². The number of hydrogen-bond acceptors (Lipinski definition) is 4. The SMILES string of the molecule is CCN(c1nc(C)cc(C(C)C)n1)C1CC2CCC(C1)N2. The summed E-state index contributed by atoms with van der Waals surface area (Å²) >= 11 is 0. The van der Waals surface area contributed by atoms with Crippen molar-refractivity contribution in [2.45, 2.75) is 77.4 Å². The normalized spacial score (nSPS) is 28.1. The predicted molar refractivity (Wildman–Crippen MR) is 86.8 cm³/mol. The van der Waals surface area contributed by atoms with Gasteiger partial charge in [-0.3, -0.25) is 0 Å². The average Bonchev–Trinajstić information content (AvgIpc) is 2.78. The molecule has 3 heterocycles. The monoisotopic (exact) mass is 288 g/mol. The van der Waals surface area contributed by atoms with Crippen LogP contribution in [-0.4, -0.2) is 34.6 Å². The first-order valence-corrected chi connectivity index (χ1v) is 8.45. The minimum Gasteiger partial charge on any atom is -0.338 e. The van der Waals surface area contributed by atoms with Gasteiger partial charge in [-0.05, 0) is 51.5 Å². The summed E-state index contributed by atoms with van der Waals surface area (Å²) in [6.45, 7) is 9.70. The van der Waals surface area contributed by atoms with Gasteiger partial charge in [0.05, 0.1) is 0 Å². The highest BCUT2D eigenvalue weighted by Gasteiger charge is 2.36. The molecule has 2 bridgehead atoms. The van der Waals surface area contributed by atoms with E-state index < -0.39 is 0 Å². The Kier molecular flexibility index (Phi) is 4.16. The van der Waals surface area contributed by atoms with Crippen LogP contribution in [0.1, 0.15) is 63.8 Å². The van der Waals surface area contributed by atoms with Crippen molar-refractivity contribution in [3.63, 3.8) is 0 Å². The van der Waals surface area contributed by atoms with Crippen LogP contribution in [0.5, 0.6) is 0 Å². The highest BCUT2D eigenvalue weighted by atomic mass is 15.3. The van der Waals surface area contributed by atoms with Gasteiger partial charge >= 0.3 is 0 Å². The Hall–Kier alpha value is -1.16. The second kappa shape index (κ2) is 5.91. The van der Waals surface area contributed by atoms with E-state index >= 15 is 0 Å². The lowest BCUT2D eigenvalue weighted by Gasteiger charge is -2.37. The van der Waals surface area contributed by atoms with Crippen molar-refractivity contribution in [2.75, 3.05) is 11.4 Å². The maximum atomic E-state index is 4.84. The minimum absolute atomic E-state index is 0.452. The molecule has 2 unspecified atom stereocenters. The summed E-state index contributed by atoms with van der Waals surface area (Å²) in [5, 5.41) is 3.72. The summed E-state index contributed by atoms with van der Waals surface area (Å²) in [4.78, 5) is 12.0. The first-order valence-electron chi connectivity index (χ1n) is 8.45. The molecular weight excluding hydrogens is 260 g/mol. The molecule has 0 spiro atoms. The third-order valence-electron chi connectivity index (χ3n) is 4.94. The molecule has 1 aromatic heterocycles. The Morgan fingerprint density at radius 3 is 2.48 bits per heavy atom. The number of nitrogens with zero attached hydrogens (tertiary/aromatic N) is 3. The lowest BCUT2D eigenvalue weighted by atomic mass is 9.98. The van der Waals surface area contributed by atoms with E-state index in [1.807, 2.05) is 0 Å². The van der Waals surface area contributed by atoms with E-state index in [4.69, 9.17) is 9.97 Å². The Balaban J connectivity index is 1.86. The quantitative estimate of drug-likeness (QED) is 0.924.